The van der Waals surface area contributed by atoms with Crippen LogP contribution < -0.4 is 16.7 Å². The number of aromatic nitrogens is 2. The molecule has 2 unspecified atom stereocenters. The van der Waals surface area contributed by atoms with E-state index in [1.807, 2.05) is 6.92 Å². The molecule has 9 heteroatoms. The Morgan fingerprint density at radius 1 is 1.53 bits per heavy atom. The molecular formula is C10H19B3N2O4. The third-order valence-electron chi connectivity index (χ3n) is 3.25. The Bertz CT molecular complexity index is 549. The fraction of sp³-hybridized carbons (Fsp3) is 0.600. The number of H-pyrrole nitrogens is 1. The van der Waals surface area contributed by atoms with Gasteiger partial charge in [0.2, 0.25) is 5.56 Å². The molecule has 2 N–H and O–H groups in total. The van der Waals surface area contributed by atoms with Crippen molar-refractivity contribution in [2.45, 2.75) is 30.9 Å². The summed E-state index contributed by atoms with van der Waals surface area (Å²) >= 11 is 0. The quantitative estimate of drug-likeness (QED) is 0.526. The molecule has 6 nitrogen and oxygen atoms in total. The summed E-state index contributed by atoms with van der Waals surface area (Å²) in [5, 5.41) is 8.97. The number of ether oxygens (including phenoxy) is 1. The third-order valence-corrected chi connectivity index (χ3v) is 3.25. The highest BCUT2D eigenvalue weighted by molar-refractivity contribution is 6.39. The minimum Gasteiger partial charge on any atom is -0.405 e. The highest BCUT2D eigenvalue weighted by Gasteiger charge is 2.28. The van der Waals surface area contributed by atoms with Crippen LogP contribution in [0, 0.1) is 0 Å². The van der Waals surface area contributed by atoms with Crippen molar-refractivity contribution in [3.63, 3.8) is 0 Å². The first-order valence-corrected chi connectivity index (χ1v) is 6.24. The Balaban J connectivity index is 3.02. The molecule has 2 atom stereocenters. The van der Waals surface area contributed by atoms with Crippen LogP contribution in [0.3, 0.4) is 0 Å². The van der Waals surface area contributed by atoms with Crippen molar-refractivity contribution in [3.8, 4) is 0 Å². The Labute approximate surface area is 114 Å². The Kier molecular flexibility index (Phi) is 4.87. The van der Waals surface area contributed by atoms with Crippen molar-refractivity contribution in [3.05, 3.63) is 27.0 Å². The van der Waals surface area contributed by atoms with Gasteiger partial charge < -0.3 is 9.84 Å². The average molecular weight is 264 g/mol. The van der Waals surface area contributed by atoms with Crippen molar-refractivity contribution in [1.82, 2.24) is 9.55 Å². The normalized spacial score (nSPS) is 15.1. The van der Waals surface area contributed by atoms with E-state index in [2.05, 4.69) is 4.98 Å². The Morgan fingerprint density at radius 3 is 2.58 bits per heavy atom. The molecule has 0 spiro atoms. The van der Waals surface area contributed by atoms with Gasteiger partial charge in [0.15, 0.2) is 0 Å². The van der Waals surface area contributed by atoms with Gasteiger partial charge in [-0.05, 0) is 18.8 Å². The monoisotopic (exact) mass is 264 g/mol. The van der Waals surface area contributed by atoms with E-state index in [0.717, 1.165) is 0 Å². The van der Waals surface area contributed by atoms with E-state index in [9.17, 15) is 14.7 Å². The zero-order valence-electron chi connectivity index (χ0n) is 12.1. The summed E-state index contributed by atoms with van der Waals surface area (Å²) in [6.45, 7) is 1.84. The Hall–Kier alpha value is -1.21. The maximum atomic E-state index is 11.8. The molecule has 0 saturated carbocycles. The standard InChI is InChI=1S/C10H19B3N2O4/c1-5(3-7(19-2)10(12,13)18)15-4-6(11)8(16)14-9(15)17/h4-5,7,18H,3,11-13H2,1-2H3,(H,14,16,17). The van der Waals surface area contributed by atoms with Crippen LogP contribution in [-0.4, -0.2) is 56.8 Å². The predicted molar refractivity (Wildman–Crippen MR) is 81.7 cm³/mol. The number of hydrogen-bond donors (Lipinski definition) is 2. The zero-order valence-corrected chi connectivity index (χ0v) is 12.1. The number of nitrogens with zero attached hydrogens (tertiary/aromatic N) is 1. The van der Waals surface area contributed by atoms with Gasteiger partial charge in [-0.1, -0.05) is 0 Å². The summed E-state index contributed by atoms with van der Waals surface area (Å²) in [5.41, 5.74) is -0.350. The third kappa shape index (κ3) is 3.88. The number of methoxy groups -OCH3 is 1. The number of nitrogens with one attached hydrogen (secondary N) is 1. The number of aromatic amines is 1. The number of hydrogen-bond acceptors (Lipinski definition) is 4. The molecule has 0 radical (unpaired) electrons. The first-order chi connectivity index (χ1) is 8.66. The van der Waals surface area contributed by atoms with Gasteiger partial charge in [0, 0.05) is 24.7 Å². The minimum absolute atomic E-state index is 0.195. The second-order valence-corrected chi connectivity index (χ2v) is 5.44. The van der Waals surface area contributed by atoms with E-state index < -0.39 is 17.2 Å². The van der Waals surface area contributed by atoms with E-state index in [1.165, 1.54) is 17.9 Å². The summed E-state index contributed by atoms with van der Waals surface area (Å²) in [4.78, 5) is 25.3. The Morgan fingerprint density at radius 2 is 2.11 bits per heavy atom. The van der Waals surface area contributed by atoms with E-state index in [-0.39, 0.29) is 11.6 Å². The summed E-state index contributed by atoms with van der Waals surface area (Å²) in [5.74, 6) is 0. The molecule has 0 aliphatic carbocycles. The zero-order chi connectivity index (χ0) is 14.8. The molecule has 0 aliphatic heterocycles. The van der Waals surface area contributed by atoms with Gasteiger partial charge in [-0.25, -0.2) is 4.79 Å². The van der Waals surface area contributed by atoms with E-state index >= 15 is 0 Å². The van der Waals surface area contributed by atoms with E-state index in [0.29, 0.717) is 11.9 Å². The van der Waals surface area contributed by atoms with Crippen LogP contribution in [0.1, 0.15) is 19.4 Å². The van der Waals surface area contributed by atoms with Gasteiger partial charge in [0.05, 0.1) is 6.10 Å². The van der Waals surface area contributed by atoms with Crippen molar-refractivity contribution in [2.75, 3.05) is 7.11 Å². The van der Waals surface area contributed by atoms with Gasteiger partial charge in [0.25, 0.3) is 0 Å². The smallest absolute Gasteiger partial charge is 0.328 e. The lowest BCUT2D eigenvalue weighted by Gasteiger charge is -2.31. The second kappa shape index (κ2) is 5.84. The van der Waals surface area contributed by atoms with Crippen molar-refractivity contribution < 1.29 is 9.84 Å². The van der Waals surface area contributed by atoms with Crippen LogP contribution in [0.15, 0.2) is 15.8 Å². The molecule has 1 heterocycles. The fourth-order valence-corrected chi connectivity index (χ4v) is 2.01. The molecular weight excluding hydrogens is 245 g/mol. The summed E-state index contributed by atoms with van der Waals surface area (Å²) in [6.07, 6.45) is 1.59. The van der Waals surface area contributed by atoms with Gasteiger partial charge in [-0.15, -0.1) is 0 Å². The summed E-state index contributed by atoms with van der Waals surface area (Å²) in [7, 11) is 6.49. The van der Waals surface area contributed by atoms with Gasteiger partial charge in [-0.2, -0.15) is 0 Å². The molecule has 0 amide bonds. The lowest BCUT2D eigenvalue weighted by atomic mass is 9.61. The highest BCUT2D eigenvalue weighted by Crippen LogP contribution is 2.18. The number of rotatable bonds is 5. The van der Waals surface area contributed by atoms with E-state index in [4.69, 9.17) is 4.74 Å². The lowest BCUT2D eigenvalue weighted by Crippen LogP contribution is -2.47. The maximum Gasteiger partial charge on any atom is 0.328 e. The van der Waals surface area contributed by atoms with Gasteiger partial charge >= 0.3 is 5.69 Å². The molecule has 1 rings (SSSR count). The van der Waals surface area contributed by atoms with Crippen LogP contribution in [0.5, 0.6) is 0 Å². The topological polar surface area (TPSA) is 84.3 Å². The molecule has 102 valence electrons. The van der Waals surface area contributed by atoms with Crippen LogP contribution >= 0.6 is 0 Å². The SMILES string of the molecule is Bc1cn(C(C)CC(OC)C(B)(B)O)c(=O)[nH]c1=O. The van der Waals surface area contributed by atoms with Gasteiger partial charge in [0.1, 0.15) is 23.5 Å². The summed E-state index contributed by atoms with van der Waals surface area (Å²) in [6, 6.07) is -0.195. The van der Waals surface area contributed by atoms with Crippen molar-refractivity contribution >= 4 is 29.0 Å². The molecule has 0 bridgehead atoms. The molecule has 1 aromatic heterocycles. The van der Waals surface area contributed by atoms with Crippen LogP contribution in [0.4, 0.5) is 0 Å². The first-order valence-electron chi connectivity index (χ1n) is 6.24. The molecule has 0 aliphatic rings. The van der Waals surface area contributed by atoms with Crippen molar-refractivity contribution in [2.24, 2.45) is 0 Å². The molecule has 0 fully saturated rings. The second-order valence-electron chi connectivity index (χ2n) is 5.44. The lowest BCUT2D eigenvalue weighted by molar-refractivity contribution is -0.00684. The average Bonchev–Trinajstić information content (AvgIpc) is 2.28. The molecule has 19 heavy (non-hydrogen) atoms. The number of aliphatic hydroxyl groups is 1. The van der Waals surface area contributed by atoms with Crippen LogP contribution in [0.25, 0.3) is 0 Å². The van der Waals surface area contributed by atoms with E-state index in [1.54, 1.807) is 23.5 Å². The molecule has 0 saturated heterocycles. The molecule has 0 aromatic carbocycles. The van der Waals surface area contributed by atoms with Crippen LogP contribution in [-0.2, 0) is 4.74 Å². The van der Waals surface area contributed by atoms with Crippen molar-refractivity contribution in [1.29, 1.82) is 0 Å². The maximum absolute atomic E-state index is 11.8. The van der Waals surface area contributed by atoms with Gasteiger partial charge in [-0.3, -0.25) is 14.3 Å². The molecule has 1 aromatic rings. The van der Waals surface area contributed by atoms with Crippen LogP contribution in [0.2, 0.25) is 0 Å². The highest BCUT2D eigenvalue weighted by atomic mass is 16.5. The predicted octanol–water partition coefficient (Wildman–Crippen LogP) is -4.33. The first kappa shape index (κ1) is 15.9. The fourth-order valence-electron chi connectivity index (χ4n) is 2.01. The summed E-state index contributed by atoms with van der Waals surface area (Å²) < 4.78 is 6.72. The largest absolute Gasteiger partial charge is 0.405 e. The minimum atomic E-state index is -0.996.